The van der Waals surface area contributed by atoms with Crippen LogP contribution in [0.5, 0.6) is 0 Å². The zero-order chi connectivity index (χ0) is 6.69. The van der Waals surface area contributed by atoms with Crippen molar-refractivity contribution in [2.75, 3.05) is 11.5 Å². The first-order chi connectivity index (χ1) is 4.33. The van der Waals surface area contributed by atoms with E-state index in [0.717, 1.165) is 10.3 Å². The fourth-order valence-electron chi connectivity index (χ4n) is 0.251. The summed E-state index contributed by atoms with van der Waals surface area (Å²) in [5, 5.41) is 0. The van der Waals surface area contributed by atoms with E-state index in [4.69, 9.17) is 0 Å². The molecule has 1 saturated heterocycles. The average molecular weight is 216 g/mol. The Hall–Kier alpha value is 1.75. The molecular weight excluding hydrogens is 208 g/mol. The summed E-state index contributed by atoms with van der Waals surface area (Å²) >= 11 is 10.4. The fourth-order valence-corrected chi connectivity index (χ4v) is 4.67. The molecular formula is C4H8S5. The molecule has 54 valence electrons. The monoisotopic (exact) mass is 216 g/mol. The second-order valence-corrected chi connectivity index (χ2v) is 7.14. The lowest BCUT2D eigenvalue weighted by Crippen LogP contribution is -1.89. The fraction of sp³-hybridized carbons (Fsp3) is 1.00. The Morgan fingerprint density at radius 2 is 2.44 bits per heavy atom. The molecule has 1 heterocycles. The van der Waals surface area contributed by atoms with Gasteiger partial charge in [0.2, 0.25) is 0 Å². The lowest BCUT2D eigenvalue weighted by atomic mass is 10.9. The van der Waals surface area contributed by atoms with Crippen molar-refractivity contribution in [1.82, 2.24) is 0 Å². The molecule has 0 nitrogen and oxygen atoms in total. The van der Waals surface area contributed by atoms with Crippen molar-refractivity contribution in [1.29, 1.82) is 0 Å². The molecule has 5 heteroatoms. The Balaban J connectivity index is 1.90. The van der Waals surface area contributed by atoms with Crippen LogP contribution in [0.2, 0.25) is 0 Å². The molecule has 0 aromatic heterocycles. The maximum Gasteiger partial charge on any atom is 0.0697 e. The van der Waals surface area contributed by atoms with Crippen LogP contribution in [0.25, 0.3) is 0 Å². The van der Waals surface area contributed by atoms with Gasteiger partial charge in [-0.05, 0) is 0 Å². The van der Waals surface area contributed by atoms with Gasteiger partial charge >= 0.3 is 0 Å². The molecule has 0 spiro atoms. The highest BCUT2D eigenvalue weighted by molar-refractivity contribution is 8.80. The summed E-state index contributed by atoms with van der Waals surface area (Å²) in [5.74, 6) is 2.18. The van der Waals surface area contributed by atoms with E-state index in [0.29, 0.717) is 4.58 Å². The molecule has 1 fully saturated rings. The van der Waals surface area contributed by atoms with E-state index >= 15 is 0 Å². The molecule has 0 aromatic carbocycles. The van der Waals surface area contributed by atoms with Crippen molar-refractivity contribution >= 4 is 58.6 Å². The third-order valence-corrected chi connectivity index (χ3v) is 7.08. The summed E-state index contributed by atoms with van der Waals surface area (Å²) in [7, 11) is 3.76. The van der Waals surface area contributed by atoms with Gasteiger partial charge in [-0.2, -0.15) is 25.3 Å². The molecule has 0 aliphatic carbocycles. The lowest BCUT2D eigenvalue weighted by Gasteiger charge is -2.02. The minimum Gasteiger partial charge on any atom is -0.177 e. The van der Waals surface area contributed by atoms with Crippen LogP contribution in [0.3, 0.4) is 0 Å². The topological polar surface area (TPSA) is 0 Å². The van der Waals surface area contributed by atoms with Gasteiger partial charge in [0, 0.05) is 11.5 Å². The maximum atomic E-state index is 4.29. The predicted molar refractivity (Wildman–Crippen MR) is 58.1 cm³/mol. The van der Waals surface area contributed by atoms with Crippen molar-refractivity contribution in [2.24, 2.45) is 0 Å². The summed E-state index contributed by atoms with van der Waals surface area (Å²) in [6, 6.07) is 0. The van der Waals surface area contributed by atoms with Gasteiger partial charge in [0.25, 0.3) is 0 Å². The van der Waals surface area contributed by atoms with E-state index in [1.807, 2.05) is 33.3 Å². The molecule has 0 bridgehead atoms. The van der Waals surface area contributed by atoms with E-state index in [1.54, 1.807) is 0 Å². The first-order valence-electron chi connectivity index (χ1n) is 2.55. The highest BCUT2D eigenvalue weighted by atomic mass is 33.1. The van der Waals surface area contributed by atoms with Gasteiger partial charge in [-0.3, -0.25) is 0 Å². The van der Waals surface area contributed by atoms with E-state index in [2.05, 4.69) is 25.3 Å². The SMILES string of the molecule is SCC(S)SSC1CS1. The van der Waals surface area contributed by atoms with Crippen molar-refractivity contribution in [3.8, 4) is 0 Å². The molecule has 0 saturated carbocycles. The van der Waals surface area contributed by atoms with Crippen molar-refractivity contribution in [2.45, 2.75) is 9.16 Å². The molecule has 2 atom stereocenters. The third kappa shape index (κ3) is 4.24. The lowest BCUT2D eigenvalue weighted by molar-refractivity contribution is 1.49. The van der Waals surface area contributed by atoms with Crippen LogP contribution in [0.1, 0.15) is 0 Å². The molecule has 9 heavy (non-hydrogen) atoms. The quantitative estimate of drug-likeness (QED) is 0.321. The molecule has 2 unspecified atom stereocenters. The van der Waals surface area contributed by atoms with Crippen molar-refractivity contribution in [3.63, 3.8) is 0 Å². The van der Waals surface area contributed by atoms with Gasteiger partial charge in [0.15, 0.2) is 0 Å². The Morgan fingerprint density at radius 1 is 1.78 bits per heavy atom. The number of rotatable bonds is 4. The van der Waals surface area contributed by atoms with Gasteiger partial charge in [-0.25, -0.2) is 0 Å². The summed E-state index contributed by atoms with van der Waals surface area (Å²) in [6.07, 6.45) is 0. The largest absolute Gasteiger partial charge is 0.177 e. The van der Waals surface area contributed by atoms with Crippen LogP contribution >= 0.6 is 58.6 Å². The van der Waals surface area contributed by atoms with Crippen molar-refractivity contribution in [3.05, 3.63) is 0 Å². The summed E-state index contributed by atoms with van der Waals surface area (Å²) in [4.78, 5) is 0. The maximum absolute atomic E-state index is 4.29. The standard InChI is InChI=1S/C4H8S5/c5-1-3(6)8-9-4-2-7-4/h3-6H,1-2H2. The van der Waals surface area contributed by atoms with E-state index in [-0.39, 0.29) is 0 Å². The van der Waals surface area contributed by atoms with Gasteiger partial charge < -0.3 is 0 Å². The summed E-state index contributed by atoms with van der Waals surface area (Å²) in [6.45, 7) is 0. The number of hydrogen-bond acceptors (Lipinski definition) is 5. The van der Waals surface area contributed by atoms with E-state index in [9.17, 15) is 0 Å². The minimum absolute atomic E-state index is 0.402. The molecule has 0 N–H and O–H groups in total. The van der Waals surface area contributed by atoms with Gasteiger partial charge in [-0.15, -0.1) is 11.8 Å². The van der Waals surface area contributed by atoms with Crippen LogP contribution in [-0.4, -0.2) is 20.7 Å². The molecule has 0 amide bonds. The van der Waals surface area contributed by atoms with Crippen molar-refractivity contribution < 1.29 is 0 Å². The van der Waals surface area contributed by atoms with Gasteiger partial charge in [0.05, 0.1) is 9.16 Å². The predicted octanol–water partition coefficient (Wildman–Crippen LogP) is 2.63. The highest BCUT2D eigenvalue weighted by Gasteiger charge is 2.23. The smallest absolute Gasteiger partial charge is 0.0697 e. The normalized spacial score (nSPS) is 28.0. The number of hydrogen-bond donors (Lipinski definition) is 2. The van der Waals surface area contributed by atoms with Crippen LogP contribution in [-0.2, 0) is 0 Å². The summed E-state index contributed by atoms with van der Waals surface area (Å²) < 4.78 is 1.25. The number of thiol groups is 2. The Morgan fingerprint density at radius 3 is 2.89 bits per heavy atom. The Labute approximate surface area is 78.9 Å². The summed E-state index contributed by atoms with van der Waals surface area (Å²) in [5.41, 5.74) is 0. The van der Waals surface area contributed by atoms with Crippen LogP contribution < -0.4 is 0 Å². The van der Waals surface area contributed by atoms with E-state index in [1.165, 1.54) is 5.75 Å². The minimum atomic E-state index is 0.402. The molecule has 1 rings (SSSR count). The molecule has 1 aliphatic heterocycles. The highest BCUT2D eigenvalue weighted by Crippen LogP contribution is 2.47. The van der Waals surface area contributed by atoms with E-state index < -0.39 is 0 Å². The second-order valence-electron chi connectivity index (χ2n) is 1.59. The zero-order valence-electron chi connectivity index (χ0n) is 4.69. The second kappa shape index (κ2) is 4.59. The molecule has 1 aliphatic rings. The van der Waals surface area contributed by atoms with Gasteiger partial charge in [-0.1, -0.05) is 21.6 Å². The first kappa shape index (κ1) is 8.84. The Bertz CT molecular complexity index is 81.0. The molecule has 0 radical (unpaired) electrons. The van der Waals surface area contributed by atoms with Crippen LogP contribution in [0.4, 0.5) is 0 Å². The number of thioether (sulfide) groups is 1. The zero-order valence-corrected chi connectivity index (χ0v) is 8.93. The van der Waals surface area contributed by atoms with Gasteiger partial charge in [0.1, 0.15) is 0 Å². The average Bonchev–Trinajstić information content (AvgIpc) is 2.65. The Kier molecular flexibility index (Phi) is 4.51. The van der Waals surface area contributed by atoms with Crippen LogP contribution in [0.15, 0.2) is 0 Å². The first-order valence-corrected chi connectivity index (χ1v) is 7.03. The third-order valence-electron chi connectivity index (χ3n) is 0.733. The van der Waals surface area contributed by atoms with Crippen LogP contribution in [0, 0.1) is 0 Å². The molecule has 0 aromatic rings.